The standard InChI is InChI=1S/C21H33N3O2.ClH/c1-15(18(22)17-10-6-5-7-11-17)19(25)24-12-8-9-16(14-24)13-23-20(26)21(2,3)4;/h5-7,10-11,15-16,18H,8-9,12-14,22H2,1-4H3,(H,23,26);1H. The highest BCUT2D eigenvalue weighted by molar-refractivity contribution is 5.85. The number of carbonyl (C=O) groups excluding carboxylic acids is 2. The molecule has 1 aromatic carbocycles. The van der Waals surface area contributed by atoms with Gasteiger partial charge in [-0.15, -0.1) is 12.4 Å². The van der Waals surface area contributed by atoms with Gasteiger partial charge in [0.05, 0.1) is 5.92 Å². The molecule has 0 bridgehead atoms. The number of carbonyl (C=O) groups is 2. The SMILES string of the molecule is CC(C(=O)N1CCCC(CNC(=O)C(C)(C)C)C1)C(N)c1ccccc1.Cl. The Morgan fingerprint density at radius 3 is 2.48 bits per heavy atom. The highest BCUT2D eigenvalue weighted by Crippen LogP contribution is 2.24. The fourth-order valence-corrected chi connectivity index (χ4v) is 3.34. The highest BCUT2D eigenvalue weighted by atomic mass is 35.5. The predicted octanol–water partition coefficient (Wildman–Crippen LogP) is 3.15. The zero-order valence-corrected chi connectivity index (χ0v) is 17.7. The third-order valence-corrected chi connectivity index (χ3v) is 5.18. The van der Waals surface area contributed by atoms with Crippen LogP contribution < -0.4 is 11.1 Å². The number of piperidine rings is 1. The van der Waals surface area contributed by atoms with Crippen LogP contribution in [-0.4, -0.2) is 36.3 Å². The largest absolute Gasteiger partial charge is 0.355 e. The lowest BCUT2D eigenvalue weighted by molar-refractivity contribution is -0.137. The summed E-state index contributed by atoms with van der Waals surface area (Å²) in [4.78, 5) is 26.9. The van der Waals surface area contributed by atoms with E-state index in [0.717, 1.165) is 24.9 Å². The third-order valence-electron chi connectivity index (χ3n) is 5.18. The zero-order chi connectivity index (χ0) is 19.3. The number of hydrogen-bond donors (Lipinski definition) is 2. The number of likely N-dealkylation sites (tertiary alicyclic amines) is 1. The van der Waals surface area contributed by atoms with Gasteiger partial charge in [-0.05, 0) is 24.3 Å². The molecule has 2 rings (SSSR count). The van der Waals surface area contributed by atoms with Gasteiger partial charge in [-0.1, -0.05) is 58.0 Å². The monoisotopic (exact) mass is 395 g/mol. The molecular formula is C21H34ClN3O2. The van der Waals surface area contributed by atoms with Gasteiger partial charge in [0, 0.05) is 31.1 Å². The molecule has 0 spiro atoms. The lowest BCUT2D eigenvalue weighted by atomic mass is 9.91. The zero-order valence-electron chi connectivity index (χ0n) is 16.9. The molecule has 1 fully saturated rings. The minimum absolute atomic E-state index is 0. The maximum absolute atomic E-state index is 12.9. The second-order valence-electron chi connectivity index (χ2n) is 8.48. The van der Waals surface area contributed by atoms with Crippen molar-refractivity contribution in [3.05, 3.63) is 35.9 Å². The topological polar surface area (TPSA) is 75.4 Å². The summed E-state index contributed by atoms with van der Waals surface area (Å²) in [5.74, 6) is 0.202. The summed E-state index contributed by atoms with van der Waals surface area (Å²) in [6.45, 7) is 9.72. The van der Waals surface area contributed by atoms with Crippen molar-refractivity contribution >= 4 is 24.2 Å². The molecule has 0 saturated carbocycles. The van der Waals surface area contributed by atoms with Crippen LogP contribution >= 0.6 is 12.4 Å². The summed E-state index contributed by atoms with van der Waals surface area (Å²) in [6, 6.07) is 9.47. The van der Waals surface area contributed by atoms with E-state index in [4.69, 9.17) is 5.73 Å². The fourth-order valence-electron chi connectivity index (χ4n) is 3.34. The summed E-state index contributed by atoms with van der Waals surface area (Å²) in [6.07, 6.45) is 2.00. The van der Waals surface area contributed by atoms with E-state index in [0.29, 0.717) is 19.0 Å². The number of nitrogens with one attached hydrogen (secondary N) is 1. The van der Waals surface area contributed by atoms with Crippen LogP contribution in [0.25, 0.3) is 0 Å². The second kappa shape index (κ2) is 10.1. The Kier molecular flexibility index (Phi) is 8.76. The van der Waals surface area contributed by atoms with Crippen molar-refractivity contribution in [2.75, 3.05) is 19.6 Å². The Morgan fingerprint density at radius 1 is 1.26 bits per heavy atom. The van der Waals surface area contributed by atoms with E-state index in [9.17, 15) is 9.59 Å². The first kappa shape index (κ1) is 23.4. The minimum atomic E-state index is -0.388. The molecular weight excluding hydrogens is 362 g/mol. The highest BCUT2D eigenvalue weighted by Gasteiger charge is 2.31. The van der Waals surface area contributed by atoms with Crippen molar-refractivity contribution in [2.45, 2.75) is 46.6 Å². The van der Waals surface area contributed by atoms with Gasteiger partial charge in [0.1, 0.15) is 0 Å². The van der Waals surface area contributed by atoms with Crippen molar-refractivity contribution in [2.24, 2.45) is 23.0 Å². The van der Waals surface area contributed by atoms with Gasteiger partial charge >= 0.3 is 0 Å². The molecule has 1 saturated heterocycles. The van der Waals surface area contributed by atoms with Crippen LogP contribution in [0.1, 0.15) is 52.1 Å². The maximum atomic E-state index is 12.9. The van der Waals surface area contributed by atoms with Crippen LogP contribution in [0.15, 0.2) is 30.3 Å². The molecule has 2 amide bonds. The molecule has 0 aliphatic carbocycles. The van der Waals surface area contributed by atoms with E-state index in [1.807, 2.05) is 62.9 Å². The summed E-state index contributed by atoms with van der Waals surface area (Å²) in [5.41, 5.74) is 6.92. The molecule has 1 aliphatic heterocycles. The molecule has 3 unspecified atom stereocenters. The number of nitrogens with zero attached hydrogens (tertiary/aromatic N) is 1. The maximum Gasteiger partial charge on any atom is 0.227 e. The molecule has 0 radical (unpaired) electrons. The van der Waals surface area contributed by atoms with Gasteiger partial charge in [0.15, 0.2) is 0 Å². The van der Waals surface area contributed by atoms with Crippen LogP contribution in [-0.2, 0) is 9.59 Å². The number of halogens is 1. The first-order valence-electron chi connectivity index (χ1n) is 9.57. The van der Waals surface area contributed by atoms with Crippen LogP contribution in [0.3, 0.4) is 0 Å². The molecule has 3 atom stereocenters. The molecule has 0 aromatic heterocycles. The van der Waals surface area contributed by atoms with Gasteiger partial charge in [-0.3, -0.25) is 9.59 Å². The van der Waals surface area contributed by atoms with E-state index in [1.54, 1.807) is 0 Å². The Balaban J connectivity index is 0.00000364. The summed E-state index contributed by atoms with van der Waals surface area (Å²) < 4.78 is 0. The van der Waals surface area contributed by atoms with E-state index in [1.165, 1.54) is 0 Å². The van der Waals surface area contributed by atoms with Gasteiger partial charge in [-0.25, -0.2) is 0 Å². The van der Waals surface area contributed by atoms with Crippen molar-refractivity contribution in [1.29, 1.82) is 0 Å². The van der Waals surface area contributed by atoms with E-state index < -0.39 is 0 Å². The Bertz CT molecular complexity index is 616. The van der Waals surface area contributed by atoms with E-state index >= 15 is 0 Å². The van der Waals surface area contributed by atoms with Gasteiger partial charge in [0.25, 0.3) is 0 Å². The normalized spacial score (nSPS) is 19.6. The Morgan fingerprint density at radius 2 is 1.89 bits per heavy atom. The second-order valence-corrected chi connectivity index (χ2v) is 8.48. The molecule has 6 heteroatoms. The fraction of sp³-hybridized carbons (Fsp3) is 0.619. The molecule has 3 N–H and O–H groups in total. The van der Waals surface area contributed by atoms with E-state index in [2.05, 4.69) is 5.32 Å². The van der Waals surface area contributed by atoms with Gasteiger partial charge in [-0.2, -0.15) is 0 Å². The molecule has 1 aliphatic rings. The molecule has 1 aromatic rings. The summed E-state index contributed by atoms with van der Waals surface area (Å²) in [7, 11) is 0. The van der Waals surface area contributed by atoms with Crippen LogP contribution in [0.4, 0.5) is 0 Å². The Hall–Kier alpha value is -1.59. The molecule has 1 heterocycles. The molecule has 27 heavy (non-hydrogen) atoms. The smallest absolute Gasteiger partial charge is 0.227 e. The van der Waals surface area contributed by atoms with Crippen LogP contribution in [0, 0.1) is 17.3 Å². The number of rotatable bonds is 5. The number of amides is 2. The lowest BCUT2D eigenvalue weighted by Gasteiger charge is -2.36. The Labute approximate surface area is 169 Å². The average molecular weight is 396 g/mol. The van der Waals surface area contributed by atoms with Crippen molar-refractivity contribution in [3.8, 4) is 0 Å². The lowest BCUT2D eigenvalue weighted by Crippen LogP contribution is -2.47. The quantitative estimate of drug-likeness (QED) is 0.804. The van der Waals surface area contributed by atoms with Crippen molar-refractivity contribution in [3.63, 3.8) is 0 Å². The average Bonchev–Trinajstić information content (AvgIpc) is 2.64. The predicted molar refractivity (Wildman–Crippen MR) is 112 cm³/mol. The van der Waals surface area contributed by atoms with Crippen molar-refractivity contribution < 1.29 is 9.59 Å². The number of nitrogens with two attached hydrogens (primary N) is 1. The number of hydrogen-bond acceptors (Lipinski definition) is 3. The summed E-state index contributed by atoms with van der Waals surface area (Å²) >= 11 is 0. The van der Waals surface area contributed by atoms with E-state index in [-0.39, 0.29) is 41.6 Å². The van der Waals surface area contributed by atoms with Crippen LogP contribution in [0.2, 0.25) is 0 Å². The van der Waals surface area contributed by atoms with Gasteiger partial charge < -0.3 is 16.0 Å². The first-order chi connectivity index (χ1) is 12.2. The van der Waals surface area contributed by atoms with Crippen molar-refractivity contribution in [1.82, 2.24) is 10.2 Å². The van der Waals surface area contributed by atoms with Crippen LogP contribution in [0.5, 0.6) is 0 Å². The van der Waals surface area contributed by atoms with Gasteiger partial charge in [0.2, 0.25) is 11.8 Å². The first-order valence-corrected chi connectivity index (χ1v) is 9.57. The minimum Gasteiger partial charge on any atom is -0.355 e. The summed E-state index contributed by atoms with van der Waals surface area (Å²) in [5, 5.41) is 3.03. The molecule has 152 valence electrons. The number of benzene rings is 1. The third kappa shape index (κ3) is 6.51. The molecule has 5 nitrogen and oxygen atoms in total.